The molecule has 0 aliphatic carbocycles. The van der Waals surface area contributed by atoms with Gasteiger partial charge in [-0.1, -0.05) is 6.92 Å². The second kappa shape index (κ2) is 7.65. The van der Waals surface area contributed by atoms with Crippen LogP contribution in [0.3, 0.4) is 0 Å². The average Bonchev–Trinajstić information content (AvgIpc) is 2.25. The van der Waals surface area contributed by atoms with E-state index < -0.39 is 35.4 Å². The minimum atomic E-state index is -4.66. The van der Waals surface area contributed by atoms with Gasteiger partial charge in [-0.3, -0.25) is 4.79 Å². The largest absolute Gasteiger partial charge is 0.465 e. The van der Waals surface area contributed by atoms with Crippen molar-refractivity contribution in [2.75, 3.05) is 26.2 Å². The summed E-state index contributed by atoms with van der Waals surface area (Å²) in [4.78, 5) is 11.2. The summed E-state index contributed by atoms with van der Waals surface area (Å²) < 4.78 is 65.8. The topological polar surface area (TPSA) is 75.7 Å². The Hall–Kier alpha value is -0.870. The van der Waals surface area contributed by atoms with E-state index in [9.17, 15) is 26.4 Å². The van der Waals surface area contributed by atoms with Crippen LogP contribution in [-0.4, -0.2) is 51.1 Å². The Bertz CT molecular complexity index is 383. The lowest BCUT2D eigenvalue weighted by atomic mass is 10.5. The first-order valence-corrected chi connectivity index (χ1v) is 7.03. The van der Waals surface area contributed by atoms with E-state index in [4.69, 9.17) is 0 Å². The van der Waals surface area contributed by atoms with Crippen molar-refractivity contribution in [3.63, 3.8) is 0 Å². The Morgan fingerprint density at radius 1 is 1.32 bits per heavy atom. The third-order valence-electron chi connectivity index (χ3n) is 1.88. The molecule has 0 atom stereocenters. The molecule has 19 heavy (non-hydrogen) atoms. The molecule has 1 N–H and O–H groups in total. The van der Waals surface area contributed by atoms with Crippen molar-refractivity contribution in [3.05, 3.63) is 0 Å². The lowest BCUT2D eigenvalue weighted by molar-refractivity contribution is -0.143. The van der Waals surface area contributed by atoms with Gasteiger partial charge in [0.05, 0.1) is 6.61 Å². The van der Waals surface area contributed by atoms with Crippen LogP contribution in [0.5, 0.6) is 0 Å². The number of alkyl halides is 3. The van der Waals surface area contributed by atoms with E-state index in [0.717, 1.165) is 0 Å². The van der Waals surface area contributed by atoms with Crippen molar-refractivity contribution in [2.45, 2.75) is 26.4 Å². The number of carbonyl (C=O) groups is 1. The van der Waals surface area contributed by atoms with E-state index in [1.54, 1.807) is 13.8 Å². The van der Waals surface area contributed by atoms with Crippen LogP contribution in [0.25, 0.3) is 0 Å². The SMILES string of the molecule is CCCN(CC(=O)OCC)S(=O)(=O)NCC(F)(F)F. The van der Waals surface area contributed by atoms with Gasteiger partial charge in [0.15, 0.2) is 0 Å². The fourth-order valence-corrected chi connectivity index (χ4v) is 2.38. The minimum absolute atomic E-state index is 0.0643. The molecule has 0 aromatic carbocycles. The fraction of sp³-hybridized carbons (Fsp3) is 0.889. The number of nitrogens with zero attached hydrogens (tertiary/aromatic N) is 1. The molecule has 0 saturated heterocycles. The molecule has 0 radical (unpaired) electrons. The highest BCUT2D eigenvalue weighted by Gasteiger charge is 2.32. The third kappa shape index (κ3) is 8.01. The molecule has 0 unspecified atom stereocenters. The van der Waals surface area contributed by atoms with Gasteiger partial charge in [-0.15, -0.1) is 0 Å². The van der Waals surface area contributed by atoms with Gasteiger partial charge in [0.25, 0.3) is 10.2 Å². The van der Waals surface area contributed by atoms with Crippen molar-refractivity contribution in [1.29, 1.82) is 0 Å². The average molecular weight is 306 g/mol. The zero-order valence-corrected chi connectivity index (χ0v) is 11.5. The minimum Gasteiger partial charge on any atom is -0.465 e. The Balaban J connectivity index is 4.70. The van der Waals surface area contributed by atoms with Crippen LogP contribution in [0.15, 0.2) is 0 Å². The van der Waals surface area contributed by atoms with Crippen LogP contribution in [0.4, 0.5) is 13.2 Å². The Labute approximate surface area is 110 Å². The van der Waals surface area contributed by atoms with E-state index in [-0.39, 0.29) is 13.2 Å². The number of ether oxygens (including phenoxy) is 1. The maximum Gasteiger partial charge on any atom is 0.402 e. The molecule has 114 valence electrons. The van der Waals surface area contributed by atoms with Crippen molar-refractivity contribution in [1.82, 2.24) is 9.03 Å². The second-order valence-electron chi connectivity index (χ2n) is 3.58. The molecule has 0 spiro atoms. The molecule has 0 amide bonds. The quantitative estimate of drug-likeness (QED) is 0.668. The summed E-state index contributed by atoms with van der Waals surface area (Å²) in [7, 11) is -4.37. The van der Waals surface area contributed by atoms with Gasteiger partial charge in [-0.2, -0.15) is 30.6 Å². The van der Waals surface area contributed by atoms with Gasteiger partial charge in [0, 0.05) is 6.54 Å². The van der Waals surface area contributed by atoms with Gasteiger partial charge in [0.1, 0.15) is 13.1 Å². The number of rotatable bonds is 8. The lowest BCUT2D eigenvalue weighted by Gasteiger charge is -2.21. The molecule has 0 aromatic heterocycles. The number of hydrogen-bond acceptors (Lipinski definition) is 4. The highest BCUT2D eigenvalue weighted by molar-refractivity contribution is 7.87. The Morgan fingerprint density at radius 2 is 1.89 bits per heavy atom. The van der Waals surface area contributed by atoms with Crippen molar-refractivity contribution in [3.8, 4) is 0 Å². The van der Waals surface area contributed by atoms with E-state index in [1.807, 2.05) is 0 Å². The number of halogens is 3. The fourth-order valence-electron chi connectivity index (χ4n) is 1.15. The van der Waals surface area contributed by atoms with Gasteiger partial charge in [-0.25, -0.2) is 0 Å². The summed E-state index contributed by atoms with van der Waals surface area (Å²) in [6, 6.07) is 0. The number of nitrogens with one attached hydrogen (secondary N) is 1. The van der Waals surface area contributed by atoms with Gasteiger partial charge in [-0.05, 0) is 13.3 Å². The molecule has 0 rings (SSSR count). The number of esters is 1. The monoisotopic (exact) mass is 306 g/mol. The van der Waals surface area contributed by atoms with Gasteiger partial charge < -0.3 is 4.74 Å². The predicted octanol–water partition coefficient (Wildman–Crippen LogP) is 0.658. The second-order valence-corrected chi connectivity index (χ2v) is 5.34. The third-order valence-corrected chi connectivity index (χ3v) is 3.38. The molecule has 10 heteroatoms. The number of carbonyl (C=O) groups excluding carboxylic acids is 1. The Morgan fingerprint density at radius 3 is 2.32 bits per heavy atom. The summed E-state index contributed by atoms with van der Waals surface area (Å²) >= 11 is 0. The molecule has 0 aliphatic heterocycles. The summed E-state index contributed by atoms with van der Waals surface area (Å²) in [5.41, 5.74) is 0. The van der Waals surface area contributed by atoms with E-state index in [0.29, 0.717) is 10.7 Å². The zero-order valence-electron chi connectivity index (χ0n) is 10.7. The highest BCUT2D eigenvalue weighted by atomic mass is 32.2. The summed E-state index contributed by atoms with van der Waals surface area (Å²) in [6.45, 7) is 0.865. The van der Waals surface area contributed by atoms with Gasteiger partial charge >= 0.3 is 12.1 Å². The molecule has 0 aliphatic rings. The first kappa shape index (κ1) is 18.1. The maximum atomic E-state index is 12.0. The summed E-state index contributed by atoms with van der Waals surface area (Å²) in [5, 5.41) is 0. The van der Waals surface area contributed by atoms with Crippen LogP contribution in [-0.2, 0) is 19.7 Å². The zero-order chi connectivity index (χ0) is 15.1. The van der Waals surface area contributed by atoms with Crippen molar-refractivity contribution >= 4 is 16.2 Å². The van der Waals surface area contributed by atoms with Crippen LogP contribution in [0.1, 0.15) is 20.3 Å². The van der Waals surface area contributed by atoms with Crippen molar-refractivity contribution in [2.24, 2.45) is 0 Å². The molecule has 0 fully saturated rings. The molecule has 0 saturated carbocycles. The van der Waals surface area contributed by atoms with Crippen LogP contribution in [0.2, 0.25) is 0 Å². The molecular formula is C9H17F3N2O4S. The van der Waals surface area contributed by atoms with Gasteiger partial charge in [0.2, 0.25) is 0 Å². The van der Waals surface area contributed by atoms with Crippen molar-refractivity contribution < 1.29 is 31.1 Å². The Kier molecular flexibility index (Phi) is 7.30. The summed E-state index contributed by atoms with van der Waals surface area (Å²) in [5.74, 6) is -0.812. The highest BCUT2D eigenvalue weighted by Crippen LogP contribution is 2.13. The van der Waals surface area contributed by atoms with E-state index in [1.165, 1.54) is 4.72 Å². The van der Waals surface area contributed by atoms with E-state index in [2.05, 4.69) is 4.74 Å². The smallest absolute Gasteiger partial charge is 0.402 e. The van der Waals surface area contributed by atoms with Crippen LogP contribution >= 0.6 is 0 Å². The first-order valence-electron chi connectivity index (χ1n) is 5.59. The predicted molar refractivity (Wildman–Crippen MR) is 61.5 cm³/mol. The van der Waals surface area contributed by atoms with Crippen LogP contribution in [0, 0.1) is 0 Å². The normalized spacial score (nSPS) is 12.7. The standard InChI is InChI=1S/C9H17F3N2O4S/c1-3-5-14(6-8(15)18-4-2)19(16,17)13-7-9(10,11)12/h13H,3-7H2,1-2H3. The summed E-state index contributed by atoms with van der Waals surface area (Å²) in [6.07, 6.45) is -4.30. The lowest BCUT2D eigenvalue weighted by Crippen LogP contribution is -2.46. The maximum absolute atomic E-state index is 12.0. The van der Waals surface area contributed by atoms with E-state index >= 15 is 0 Å². The van der Waals surface area contributed by atoms with Crippen LogP contribution < -0.4 is 4.72 Å². The first-order chi connectivity index (χ1) is 8.62. The molecule has 0 aromatic rings. The molecule has 0 bridgehead atoms. The molecule has 0 heterocycles. The molecule has 6 nitrogen and oxygen atoms in total. The molecular weight excluding hydrogens is 289 g/mol. The number of hydrogen-bond donors (Lipinski definition) is 1.